The fourth-order valence-corrected chi connectivity index (χ4v) is 2.98. The molecule has 5 nitrogen and oxygen atoms in total. The van der Waals surface area contributed by atoms with Crippen molar-refractivity contribution in [1.82, 2.24) is 9.97 Å². The van der Waals surface area contributed by atoms with Crippen LogP contribution < -0.4 is 11.3 Å². The van der Waals surface area contributed by atoms with Crippen LogP contribution in [0.15, 0.2) is 29.2 Å². The van der Waals surface area contributed by atoms with Crippen molar-refractivity contribution in [3.8, 4) is 0 Å². The van der Waals surface area contributed by atoms with E-state index >= 15 is 0 Å². The van der Waals surface area contributed by atoms with E-state index in [1.807, 2.05) is 0 Å². The Balaban J connectivity index is 1.75. The van der Waals surface area contributed by atoms with Gasteiger partial charge in [-0.05, 0) is 49.8 Å². The van der Waals surface area contributed by atoms with Gasteiger partial charge >= 0.3 is 0 Å². The first-order valence-electron chi connectivity index (χ1n) is 7.39. The van der Waals surface area contributed by atoms with Gasteiger partial charge in [-0.2, -0.15) is 0 Å². The number of Topliss-reactive ketones (excluding diaryl/α,β-unsaturated/α-hetero) is 1. The van der Waals surface area contributed by atoms with Crippen LogP contribution in [0.1, 0.15) is 42.5 Å². The van der Waals surface area contributed by atoms with Crippen molar-refractivity contribution in [2.75, 3.05) is 0 Å². The van der Waals surface area contributed by atoms with Crippen molar-refractivity contribution in [1.29, 1.82) is 0 Å². The van der Waals surface area contributed by atoms with Crippen molar-refractivity contribution >= 4 is 16.8 Å². The summed E-state index contributed by atoms with van der Waals surface area (Å²) in [6.07, 6.45) is 5.90. The maximum Gasteiger partial charge on any atom is 0.266 e. The lowest BCUT2D eigenvalue weighted by Crippen LogP contribution is -2.27. The fraction of sp³-hybridized carbons (Fsp3) is 0.438. The second-order valence-electron chi connectivity index (χ2n) is 5.89. The molecule has 0 aliphatic heterocycles. The Morgan fingerprint density at radius 2 is 2.05 bits per heavy atom. The Kier molecular flexibility index (Phi) is 3.84. The van der Waals surface area contributed by atoms with Gasteiger partial charge in [-0.25, -0.2) is 4.98 Å². The fourth-order valence-electron chi connectivity index (χ4n) is 2.98. The molecule has 1 heterocycles. The number of nitrogens with two attached hydrogens (primary N) is 1. The van der Waals surface area contributed by atoms with Crippen molar-refractivity contribution in [3.05, 3.63) is 40.3 Å². The van der Waals surface area contributed by atoms with E-state index in [0.717, 1.165) is 25.7 Å². The summed E-state index contributed by atoms with van der Waals surface area (Å²) in [5, 5.41) is 0. The van der Waals surface area contributed by atoms with Gasteiger partial charge in [-0.3, -0.25) is 9.59 Å². The van der Waals surface area contributed by atoms with Gasteiger partial charge in [0.1, 0.15) is 0 Å². The van der Waals surface area contributed by atoms with Gasteiger partial charge in [-0.15, -0.1) is 0 Å². The summed E-state index contributed by atoms with van der Waals surface area (Å²) >= 11 is 0. The smallest absolute Gasteiger partial charge is 0.266 e. The van der Waals surface area contributed by atoms with Crippen LogP contribution >= 0.6 is 0 Å². The number of carbonyl (C=O) groups excluding carboxylic acids is 1. The van der Waals surface area contributed by atoms with Gasteiger partial charge in [0.15, 0.2) is 5.78 Å². The molecule has 0 bridgehead atoms. The van der Waals surface area contributed by atoms with Gasteiger partial charge in [0.2, 0.25) is 0 Å². The molecule has 0 unspecified atom stereocenters. The Morgan fingerprint density at radius 1 is 1.29 bits per heavy atom. The molecule has 3 rings (SSSR count). The Hall–Kier alpha value is -2.01. The van der Waals surface area contributed by atoms with E-state index in [-0.39, 0.29) is 11.3 Å². The third-order valence-electron chi connectivity index (χ3n) is 4.26. The minimum Gasteiger partial charge on any atom is -0.328 e. The predicted molar refractivity (Wildman–Crippen MR) is 81.2 cm³/mol. The quantitative estimate of drug-likeness (QED) is 0.844. The van der Waals surface area contributed by atoms with E-state index in [4.69, 9.17) is 5.73 Å². The van der Waals surface area contributed by atoms with Gasteiger partial charge in [0.25, 0.3) is 5.56 Å². The summed E-state index contributed by atoms with van der Waals surface area (Å²) in [5.74, 6) is 0.585. The molecule has 0 radical (unpaired) electrons. The van der Waals surface area contributed by atoms with Crippen LogP contribution in [0, 0.1) is 5.92 Å². The van der Waals surface area contributed by atoms with Gasteiger partial charge in [0, 0.05) is 18.0 Å². The molecule has 0 atom stereocenters. The summed E-state index contributed by atoms with van der Waals surface area (Å²) < 4.78 is 0. The number of fused-ring (bicyclic) bond motifs is 1. The van der Waals surface area contributed by atoms with E-state index in [1.165, 1.54) is 6.20 Å². The molecular formula is C16H19N3O2. The second kappa shape index (κ2) is 5.77. The minimum absolute atomic E-state index is 0.144. The number of hydrogen-bond donors (Lipinski definition) is 2. The molecule has 21 heavy (non-hydrogen) atoms. The molecule has 1 saturated carbocycles. The molecule has 1 aromatic heterocycles. The molecule has 2 aromatic rings. The Labute approximate surface area is 122 Å². The predicted octanol–water partition coefficient (Wildman–Crippen LogP) is 2.01. The Morgan fingerprint density at radius 3 is 2.81 bits per heavy atom. The average molecular weight is 285 g/mol. The highest BCUT2D eigenvalue weighted by molar-refractivity contribution is 5.98. The third kappa shape index (κ3) is 3.19. The van der Waals surface area contributed by atoms with Crippen molar-refractivity contribution < 1.29 is 4.79 Å². The van der Waals surface area contributed by atoms with Gasteiger partial charge in [0.05, 0.1) is 17.2 Å². The zero-order valence-electron chi connectivity index (χ0n) is 11.8. The minimum atomic E-state index is -0.236. The van der Waals surface area contributed by atoms with Gasteiger partial charge < -0.3 is 10.7 Å². The number of rotatable bonds is 3. The molecule has 0 amide bonds. The molecule has 110 valence electrons. The van der Waals surface area contributed by atoms with Crippen LogP contribution in [0.5, 0.6) is 0 Å². The summed E-state index contributed by atoms with van der Waals surface area (Å²) in [4.78, 5) is 30.3. The van der Waals surface area contributed by atoms with Crippen molar-refractivity contribution in [2.45, 2.75) is 38.1 Å². The number of aromatic amines is 1. The maximum absolute atomic E-state index is 12.4. The van der Waals surface area contributed by atoms with Crippen LogP contribution in [0.3, 0.4) is 0 Å². The number of nitrogens with one attached hydrogen (secondary N) is 1. The zero-order chi connectivity index (χ0) is 14.8. The lowest BCUT2D eigenvalue weighted by molar-refractivity contribution is 0.0948. The SMILES string of the molecule is NC1CCC(CC(=O)c2ccc3[nH]c(=O)cnc3c2)CC1. The van der Waals surface area contributed by atoms with Crippen LogP contribution in [0.4, 0.5) is 0 Å². The molecule has 1 aliphatic carbocycles. The standard InChI is InChI=1S/C16H19N3O2/c17-12-4-1-10(2-5-12)7-15(20)11-3-6-13-14(8-11)18-9-16(21)19-13/h3,6,8-10,12H,1-2,4-5,7,17H2,(H,19,21). The molecule has 3 N–H and O–H groups in total. The number of ketones is 1. The Bertz CT molecular complexity index is 715. The molecule has 1 fully saturated rings. The maximum atomic E-state index is 12.4. The highest BCUT2D eigenvalue weighted by Crippen LogP contribution is 2.27. The number of hydrogen-bond acceptors (Lipinski definition) is 4. The van der Waals surface area contributed by atoms with E-state index in [2.05, 4.69) is 9.97 Å². The van der Waals surface area contributed by atoms with E-state index < -0.39 is 0 Å². The number of carbonyl (C=O) groups is 1. The highest BCUT2D eigenvalue weighted by Gasteiger charge is 2.21. The summed E-state index contributed by atoms with van der Waals surface area (Å²) in [7, 11) is 0. The van der Waals surface area contributed by atoms with Crippen molar-refractivity contribution in [2.24, 2.45) is 11.7 Å². The molecule has 0 saturated heterocycles. The number of nitrogens with zero attached hydrogens (tertiary/aromatic N) is 1. The summed E-state index contributed by atoms with van der Waals surface area (Å²) in [6, 6.07) is 5.56. The first kappa shape index (κ1) is 13.9. The van der Waals surface area contributed by atoms with E-state index in [1.54, 1.807) is 18.2 Å². The third-order valence-corrected chi connectivity index (χ3v) is 4.26. The monoisotopic (exact) mass is 285 g/mol. The normalized spacial score (nSPS) is 22.3. The van der Waals surface area contributed by atoms with Crippen LogP contribution in [-0.4, -0.2) is 21.8 Å². The number of aromatic nitrogens is 2. The van der Waals surface area contributed by atoms with Crippen LogP contribution in [-0.2, 0) is 0 Å². The summed E-state index contributed by atoms with van der Waals surface area (Å²) in [6.45, 7) is 0. The number of benzene rings is 1. The van der Waals surface area contributed by atoms with E-state index in [9.17, 15) is 9.59 Å². The first-order chi connectivity index (χ1) is 10.1. The molecule has 0 spiro atoms. The highest BCUT2D eigenvalue weighted by atomic mass is 16.1. The largest absolute Gasteiger partial charge is 0.328 e. The second-order valence-corrected chi connectivity index (χ2v) is 5.89. The lowest BCUT2D eigenvalue weighted by Gasteiger charge is -2.25. The van der Waals surface area contributed by atoms with Crippen molar-refractivity contribution in [3.63, 3.8) is 0 Å². The molecular weight excluding hydrogens is 266 g/mol. The van der Waals surface area contributed by atoms with Crippen LogP contribution in [0.2, 0.25) is 0 Å². The topological polar surface area (TPSA) is 88.8 Å². The molecule has 5 heteroatoms. The van der Waals surface area contributed by atoms with Crippen LogP contribution in [0.25, 0.3) is 11.0 Å². The summed E-state index contributed by atoms with van der Waals surface area (Å²) in [5.41, 5.74) is 7.62. The van der Waals surface area contributed by atoms with E-state index in [0.29, 0.717) is 35.0 Å². The average Bonchev–Trinajstić information content (AvgIpc) is 2.49. The first-order valence-corrected chi connectivity index (χ1v) is 7.39. The zero-order valence-corrected chi connectivity index (χ0v) is 11.8. The molecule has 1 aromatic carbocycles. The number of H-pyrrole nitrogens is 1. The lowest BCUT2D eigenvalue weighted by atomic mass is 9.82. The molecule has 1 aliphatic rings. The van der Waals surface area contributed by atoms with Gasteiger partial charge in [-0.1, -0.05) is 0 Å².